The average molecular weight is 239 g/mol. The number of hydrogen-bond acceptors (Lipinski definition) is 3. The Bertz CT molecular complexity index is 590. The highest BCUT2D eigenvalue weighted by molar-refractivity contribution is 5.94. The molecule has 0 radical (unpaired) electrons. The smallest absolute Gasteiger partial charge is 0.339 e. The minimum atomic E-state index is -0.278. The summed E-state index contributed by atoms with van der Waals surface area (Å²) in [4.78, 5) is 11.7. The predicted molar refractivity (Wildman–Crippen MR) is 69.7 cm³/mol. The maximum Gasteiger partial charge on any atom is 0.339 e. The van der Waals surface area contributed by atoms with E-state index in [4.69, 9.17) is 4.74 Å². The molecule has 1 heterocycles. The Hall–Kier alpha value is -2.29. The molecule has 1 aliphatic rings. The molecule has 3 nitrogen and oxygen atoms in total. The Morgan fingerprint density at radius 2 is 1.78 bits per heavy atom. The number of anilines is 1. The van der Waals surface area contributed by atoms with E-state index >= 15 is 0 Å². The second-order valence-corrected chi connectivity index (χ2v) is 4.24. The summed E-state index contributed by atoms with van der Waals surface area (Å²) >= 11 is 0. The molecule has 0 aliphatic carbocycles. The van der Waals surface area contributed by atoms with Crippen LogP contribution in [0.5, 0.6) is 0 Å². The fourth-order valence-electron chi connectivity index (χ4n) is 2.22. The minimum Gasteiger partial charge on any atom is -0.449 e. The van der Waals surface area contributed by atoms with Crippen LogP contribution < -0.4 is 5.32 Å². The maximum absolute atomic E-state index is 11.7. The first-order valence-electron chi connectivity index (χ1n) is 5.87. The lowest BCUT2D eigenvalue weighted by atomic mass is 9.99. The molecule has 3 heteroatoms. The number of benzene rings is 2. The molecule has 1 N–H and O–H groups in total. The van der Waals surface area contributed by atoms with Crippen LogP contribution in [0.3, 0.4) is 0 Å². The zero-order chi connectivity index (χ0) is 12.5. The van der Waals surface area contributed by atoms with Crippen LogP contribution in [0.4, 0.5) is 5.69 Å². The number of rotatable bonds is 2. The summed E-state index contributed by atoms with van der Waals surface area (Å²) in [6.07, 6.45) is -0.278. The van der Waals surface area contributed by atoms with Gasteiger partial charge in [-0.1, -0.05) is 30.3 Å². The third-order valence-electron chi connectivity index (χ3n) is 3.19. The standard InChI is InChI=1S/C15H13NO2/c1-16-11-8-6-10(7-9-11)14-12-4-2-3-5-13(12)15(17)18-14/h2-9,14,16H,1H3. The molecule has 0 bridgehead atoms. The van der Waals surface area contributed by atoms with Gasteiger partial charge in [0, 0.05) is 18.3 Å². The van der Waals surface area contributed by atoms with Gasteiger partial charge in [0.05, 0.1) is 5.56 Å². The van der Waals surface area contributed by atoms with Crippen molar-refractivity contribution in [2.24, 2.45) is 0 Å². The quantitative estimate of drug-likeness (QED) is 0.819. The Balaban J connectivity index is 2.01. The Kier molecular flexibility index (Phi) is 2.52. The molecule has 0 aromatic heterocycles. The molecule has 1 aliphatic heterocycles. The molecular formula is C15H13NO2. The molecule has 1 atom stereocenters. The van der Waals surface area contributed by atoms with Gasteiger partial charge in [-0.15, -0.1) is 0 Å². The van der Waals surface area contributed by atoms with Crippen molar-refractivity contribution >= 4 is 11.7 Å². The lowest BCUT2D eigenvalue weighted by Crippen LogP contribution is -2.00. The van der Waals surface area contributed by atoms with Crippen LogP contribution in [0.1, 0.15) is 27.6 Å². The molecule has 0 fully saturated rings. The van der Waals surface area contributed by atoms with E-state index in [9.17, 15) is 4.79 Å². The summed E-state index contributed by atoms with van der Waals surface area (Å²) in [5.74, 6) is -0.242. The van der Waals surface area contributed by atoms with Crippen molar-refractivity contribution in [3.8, 4) is 0 Å². The summed E-state index contributed by atoms with van der Waals surface area (Å²) in [5.41, 5.74) is 3.64. The van der Waals surface area contributed by atoms with Crippen molar-refractivity contribution in [2.45, 2.75) is 6.10 Å². The van der Waals surface area contributed by atoms with Gasteiger partial charge < -0.3 is 10.1 Å². The summed E-state index contributed by atoms with van der Waals surface area (Å²) in [6.45, 7) is 0. The number of carbonyl (C=O) groups excluding carboxylic acids is 1. The van der Waals surface area contributed by atoms with Gasteiger partial charge in [0.25, 0.3) is 0 Å². The summed E-state index contributed by atoms with van der Waals surface area (Å²) < 4.78 is 5.43. The van der Waals surface area contributed by atoms with Gasteiger partial charge in [-0.05, 0) is 23.8 Å². The summed E-state index contributed by atoms with van der Waals surface area (Å²) in [7, 11) is 1.87. The fraction of sp³-hybridized carbons (Fsp3) is 0.133. The maximum atomic E-state index is 11.7. The highest BCUT2D eigenvalue weighted by Crippen LogP contribution is 2.35. The predicted octanol–water partition coefficient (Wildman–Crippen LogP) is 2.99. The van der Waals surface area contributed by atoms with Crippen LogP contribution in [0.25, 0.3) is 0 Å². The molecule has 2 aromatic carbocycles. The van der Waals surface area contributed by atoms with E-state index in [0.717, 1.165) is 16.8 Å². The van der Waals surface area contributed by atoms with E-state index in [1.54, 1.807) is 6.07 Å². The number of carbonyl (C=O) groups is 1. The Labute approximate surface area is 105 Å². The lowest BCUT2D eigenvalue weighted by molar-refractivity contribution is 0.0456. The van der Waals surface area contributed by atoms with Crippen molar-refractivity contribution in [2.75, 3.05) is 12.4 Å². The Morgan fingerprint density at radius 3 is 2.50 bits per heavy atom. The minimum absolute atomic E-state index is 0.242. The molecule has 1 unspecified atom stereocenters. The largest absolute Gasteiger partial charge is 0.449 e. The van der Waals surface area contributed by atoms with Crippen LogP contribution in [-0.4, -0.2) is 13.0 Å². The monoisotopic (exact) mass is 239 g/mol. The summed E-state index contributed by atoms with van der Waals surface area (Å²) in [5, 5.41) is 3.06. The SMILES string of the molecule is CNc1ccc(C2OC(=O)c3ccccc32)cc1. The highest BCUT2D eigenvalue weighted by Gasteiger charge is 2.31. The first-order chi connectivity index (χ1) is 8.79. The molecular weight excluding hydrogens is 226 g/mol. The number of cyclic esters (lactones) is 1. The normalized spacial score (nSPS) is 17.2. The van der Waals surface area contributed by atoms with Crippen LogP contribution in [0, 0.1) is 0 Å². The van der Waals surface area contributed by atoms with Gasteiger partial charge in [-0.2, -0.15) is 0 Å². The fourth-order valence-corrected chi connectivity index (χ4v) is 2.22. The van der Waals surface area contributed by atoms with Crippen molar-refractivity contribution < 1.29 is 9.53 Å². The number of esters is 1. The second-order valence-electron chi connectivity index (χ2n) is 4.24. The number of ether oxygens (including phenoxy) is 1. The number of fused-ring (bicyclic) bond motifs is 1. The van der Waals surface area contributed by atoms with Crippen molar-refractivity contribution in [1.82, 2.24) is 0 Å². The number of nitrogens with one attached hydrogen (secondary N) is 1. The molecule has 0 saturated carbocycles. The molecule has 18 heavy (non-hydrogen) atoms. The lowest BCUT2D eigenvalue weighted by Gasteiger charge is -2.11. The zero-order valence-corrected chi connectivity index (χ0v) is 10.0. The second kappa shape index (κ2) is 4.18. The topological polar surface area (TPSA) is 38.3 Å². The van der Waals surface area contributed by atoms with Crippen LogP contribution in [-0.2, 0) is 4.74 Å². The highest BCUT2D eigenvalue weighted by atomic mass is 16.5. The van der Waals surface area contributed by atoms with E-state index in [1.165, 1.54) is 0 Å². The van der Waals surface area contributed by atoms with Gasteiger partial charge in [-0.25, -0.2) is 4.79 Å². The van der Waals surface area contributed by atoms with Crippen molar-refractivity contribution in [1.29, 1.82) is 0 Å². The van der Waals surface area contributed by atoms with Gasteiger partial charge >= 0.3 is 5.97 Å². The molecule has 3 rings (SSSR count). The van der Waals surface area contributed by atoms with E-state index in [2.05, 4.69) is 5.32 Å². The molecule has 90 valence electrons. The first kappa shape index (κ1) is 10.8. The van der Waals surface area contributed by atoms with E-state index in [1.807, 2.05) is 49.5 Å². The van der Waals surface area contributed by atoms with E-state index < -0.39 is 0 Å². The first-order valence-corrected chi connectivity index (χ1v) is 5.87. The van der Waals surface area contributed by atoms with E-state index in [-0.39, 0.29) is 12.1 Å². The van der Waals surface area contributed by atoms with Crippen molar-refractivity contribution in [3.63, 3.8) is 0 Å². The van der Waals surface area contributed by atoms with E-state index in [0.29, 0.717) is 5.56 Å². The van der Waals surface area contributed by atoms with Gasteiger partial charge in [-0.3, -0.25) is 0 Å². The third-order valence-corrected chi connectivity index (χ3v) is 3.19. The third kappa shape index (κ3) is 1.64. The van der Waals surface area contributed by atoms with Gasteiger partial charge in [0.1, 0.15) is 0 Å². The Morgan fingerprint density at radius 1 is 1.06 bits per heavy atom. The average Bonchev–Trinajstić information content (AvgIpc) is 2.77. The van der Waals surface area contributed by atoms with Crippen LogP contribution in [0.2, 0.25) is 0 Å². The molecule has 2 aromatic rings. The summed E-state index contributed by atoms with van der Waals surface area (Å²) in [6, 6.07) is 15.4. The molecule has 0 spiro atoms. The van der Waals surface area contributed by atoms with Crippen LogP contribution in [0.15, 0.2) is 48.5 Å². The van der Waals surface area contributed by atoms with Crippen molar-refractivity contribution in [3.05, 3.63) is 65.2 Å². The van der Waals surface area contributed by atoms with Gasteiger partial charge in [0.2, 0.25) is 0 Å². The zero-order valence-electron chi connectivity index (χ0n) is 10.0. The van der Waals surface area contributed by atoms with Gasteiger partial charge in [0.15, 0.2) is 6.10 Å². The molecule has 0 amide bonds. The molecule has 0 saturated heterocycles. The number of hydrogen-bond donors (Lipinski definition) is 1. The van der Waals surface area contributed by atoms with Crippen LogP contribution >= 0.6 is 0 Å².